The van der Waals surface area contributed by atoms with Crippen molar-refractivity contribution in [2.45, 2.75) is 32.9 Å². The Balaban J connectivity index is 2.66. The summed E-state index contributed by atoms with van der Waals surface area (Å²) in [6, 6.07) is 8.35. The second-order valence-electron chi connectivity index (χ2n) is 4.76. The molecular formula is C14H22N2O. The molecule has 94 valence electrons. The summed E-state index contributed by atoms with van der Waals surface area (Å²) in [5, 5.41) is 3.31. The van der Waals surface area contributed by atoms with Gasteiger partial charge in [0.05, 0.1) is 6.04 Å². The van der Waals surface area contributed by atoms with E-state index in [0.717, 1.165) is 0 Å². The molecule has 0 spiro atoms. The zero-order valence-electron chi connectivity index (χ0n) is 11.3. The molecule has 0 bridgehead atoms. The number of amides is 1. The lowest BCUT2D eigenvalue weighted by molar-refractivity contribution is -0.130. The maximum Gasteiger partial charge on any atom is 0.238 e. The Labute approximate surface area is 104 Å². The van der Waals surface area contributed by atoms with E-state index in [1.165, 1.54) is 11.1 Å². The van der Waals surface area contributed by atoms with Crippen LogP contribution < -0.4 is 5.32 Å². The Morgan fingerprint density at radius 3 is 2.47 bits per heavy atom. The molecule has 0 aromatic heterocycles. The number of nitrogens with one attached hydrogen (secondary N) is 1. The molecule has 1 aromatic rings. The van der Waals surface area contributed by atoms with Crippen molar-refractivity contribution in [3.05, 3.63) is 35.4 Å². The van der Waals surface area contributed by atoms with E-state index in [-0.39, 0.29) is 18.0 Å². The summed E-state index contributed by atoms with van der Waals surface area (Å²) in [7, 11) is 3.55. The third-order valence-electron chi connectivity index (χ3n) is 2.85. The first-order valence-electron chi connectivity index (χ1n) is 5.95. The van der Waals surface area contributed by atoms with Crippen LogP contribution in [0.1, 0.15) is 31.0 Å². The minimum Gasteiger partial charge on any atom is -0.347 e. The van der Waals surface area contributed by atoms with Gasteiger partial charge in [0.2, 0.25) is 5.91 Å². The standard InChI is InChI=1S/C14H22N2O/c1-10-7-6-8-13(9-10)11(2)15-12(3)14(17)16(4)5/h6-9,11-12,15H,1-5H3/t11-,12?/m0/s1. The van der Waals surface area contributed by atoms with Crippen LogP contribution in [0.3, 0.4) is 0 Å². The van der Waals surface area contributed by atoms with Gasteiger partial charge in [-0.25, -0.2) is 0 Å². The molecule has 2 atom stereocenters. The Hall–Kier alpha value is -1.35. The van der Waals surface area contributed by atoms with Crippen molar-refractivity contribution in [1.82, 2.24) is 10.2 Å². The predicted octanol–water partition coefficient (Wildman–Crippen LogP) is 2.12. The molecule has 1 rings (SSSR count). The minimum absolute atomic E-state index is 0.101. The smallest absolute Gasteiger partial charge is 0.238 e. The Bertz CT molecular complexity index is 388. The highest BCUT2D eigenvalue weighted by Crippen LogP contribution is 2.14. The lowest BCUT2D eigenvalue weighted by atomic mass is 10.0. The Kier molecular flexibility index (Phi) is 4.70. The van der Waals surface area contributed by atoms with Gasteiger partial charge in [0.1, 0.15) is 0 Å². The third-order valence-corrected chi connectivity index (χ3v) is 2.85. The monoisotopic (exact) mass is 234 g/mol. The van der Waals surface area contributed by atoms with Crippen LogP contribution in [0.2, 0.25) is 0 Å². The summed E-state index contributed by atoms with van der Waals surface area (Å²) in [4.78, 5) is 13.4. The maximum atomic E-state index is 11.7. The molecule has 1 amide bonds. The van der Waals surface area contributed by atoms with Crippen molar-refractivity contribution < 1.29 is 4.79 Å². The molecule has 1 aromatic carbocycles. The Morgan fingerprint density at radius 1 is 1.29 bits per heavy atom. The van der Waals surface area contributed by atoms with Gasteiger partial charge in [0.25, 0.3) is 0 Å². The maximum absolute atomic E-state index is 11.7. The van der Waals surface area contributed by atoms with Gasteiger partial charge >= 0.3 is 0 Å². The van der Waals surface area contributed by atoms with Crippen molar-refractivity contribution in [2.24, 2.45) is 0 Å². The molecule has 0 aliphatic heterocycles. The van der Waals surface area contributed by atoms with E-state index < -0.39 is 0 Å². The number of likely N-dealkylation sites (N-methyl/N-ethyl adjacent to an activating group) is 1. The van der Waals surface area contributed by atoms with Crippen molar-refractivity contribution >= 4 is 5.91 Å². The highest BCUT2D eigenvalue weighted by molar-refractivity contribution is 5.80. The molecule has 1 N–H and O–H groups in total. The number of nitrogens with zero attached hydrogens (tertiary/aromatic N) is 1. The molecule has 0 heterocycles. The fourth-order valence-corrected chi connectivity index (χ4v) is 1.87. The summed E-state index contributed by atoms with van der Waals surface area (Å²) >= 11 is 0. The SMILES string of the molecule is Cc1cccc([C@H](C)NC(C)C(=O)N(C)C)c1. The first-order valence-corrected chi connectivity index (χ1v) is 5.95. The number of aryl methyl sites for hydroxylation is 1. The Morgan fingerprint density at radius 2 is 1.94 bits per heavy atom. The van der Waals surface area contributed by atoms with Crippen LogP contribution in [0.15, 0.2) is 24.3 Å². The molecule has 0 saturated carbocycles. The first kappa shape index (κ1) is 13.7. The summed E-state index contributed by atoms with van der Waals surface area (Å²) in [5.74, 6) is 0.101. The van der Waals surface area contributed by atoms with Gasteiger partial charge in [-0.2, -0.15) is 0 Å². The van der Waals surface area contributed by atoms with E-state index in [0.29, 0.717) is 0 Å². The summed E-state index contributed by atoms with van der Waals surface area (Å²) in [6.45, 7) is 6.05. The van der Waals surface area contributed by atoms with E-state index in [1.807, 2.05) is 13.0 Å². The topological polar surface area (TPSA) is 32.3 Å². The zero-order chi connectivity index (χ0) is 13.0. The highest BCUT2D eigenvalue weighted by Gasteiger charge is 2.17. The molecule has 1 unspecified atom stereocenters. The third kappa shape index (κ3) is 3.86. The van der Waals surface area contributed by atoms with Gasteiger partial charge in [-0.3, -0.25) is 10.1 Å². The minimum atomic E-state index is -0.166. The average molecular weight is 234 g/mol. The normalized spacial score (nSPS) is 14.2. The van der Waals surface area contributed by atoms with Crippen LogP contribution in [-0.2, 0) is 4.79 Å². The second-order valence-corrected chi connectivity index (χ2v) is 4.76. The van der Waals surface area contributed by atoms with Crippen molar-refractivity contribution in [1.29, 1.82) is 0 Å². The van der Waals surface area contributed by atoms with E-state index in [4.69, 9.17) is 0 Å². The van der Waals surface area contributed by atoms with Crippen molar-refractivity contribution in [3.63, 3.8) is 0 Å². The van der Waals surface area contributed by atoms with E-state index in [9.17, 15) is 4.79 Å². The number of hydrogen-bond acceptors (Lipinski definition) is 2. The second kappa shape index (κ2) is 5.82. The van der Waals surface area contributed by atoms with Crippen LogP contribution in [-0.4, -0.2) is 30.9 Å². The molecule has 0 saturated heterocycles. The van der Waals surface area contributed by atoms with Gasteiger partial charge in [-0.1, -0.05) is 29.8 Å². The first-order chi connectivity index (χ1) is 7.91. The summed E-state index contributed by atoms with van der Waals surface area (Å²) in [6.07, 6.45) is 0. The number of hydrogen-bond donors (Lipinski definition) is 1. The summed E-state index contributed by atoms with van der Waals surface area (Å²) < 4.78 is 0. The fourth-order valence-electron chi connectivity index (χ4n) is 1.87. The highest BCUT2D eigenvalue weighted by atomic mass is 16.2. The molecule has 0 fully saturated rings. The summed E-state index contributed by atoms with van der Waals surface area (Å²) in [5.41, 5.74) is 2.45. The largest absolute Gasteiger partial charge is 0.347 e. The van der Waals surface area contributed by atoms with Crippen molar-refractivity contribution in [2.75, 3.05) is 14.1 Å². The van der Waals surface area contributed by atoms with Crippen molar-refractivity contribution in [3.8, 4) is 0 Å². The molecular weight excluding hydrogens is 212 g/mol. The van der Waals surface area contributed by atoms with Crippen LogP contribution >= 0.6 is 0 Å². The van der Waals surface area contributed by atoms with Gasteiger partial charge in [0.15, 0.2) is 0 Å². The average Bonchev–Trinajstić information content (AvgIpc) is 2.27. The van der Waals surface area contributed by atoms with E-state index in [1.54, 1.807) is 19.0 Å². The quantitative estimate of drug-likeness (QED) is 0.865. The van der Waals surface area contributed by atoms with Gasteiger partial charge < -0.3 is 4.90 Å². The molecule has 0 aliphatic rings. The molecule has 3 nitrogen and oxygen atoms in total. The van der Waals surface area contributed by atoms with Crippen LogP contribution in [0.25, 0.3) is 0 Å². The van der Waals surface area contributed by atoms with Gasteiger partial charge in [-0.05, 0) is 26.3 Å². The predicted molar refractivity (Wildman–Crippen MR) is 70.9 cm³/mol. The van der Waals surface area contributed by atoms with E-state index in [2.05, 4.69) is 37.4 Å². The van der Waals surface area contributed by atoms with Crippen LogP contribution in [0.5, 0.6) is 0 Å². The molecule has 3 heteroatoms. The van der Waals surface area contributed by atoms with Crippen LogP contribution in [0.4, 0.5) is 0 Å². The number of carbonyl (C=O) groups is 1. The number of carbonyl (C=O) groups excluding carboxylic acids is 1. The van der Waals surface area contributed by atoms with Gasteiger partial charge in [-0.15, -0.1) is 0 Å². The van der Waals surface area contributed by atoms with E-state index >= 15 is 0 Å². The molecule has 0 radical (unpaired) electrons. The lowest BCUT2D eigenvalue weighted by Gasteiger charge is -2.22. The van der Waals surface area contributed by atoms with Crippen LogP contribution in [0, 0.1) is 6.92 Å². The molecule has 0 aliphatic carbocycles. The number of benzene rings is 1. The molecule has 17 heavy (non-hydrogen) atoms. The fraction of sp³-hybridized carbons (Fsp3) is 0.500. The zero-order valence-corrected chi connectivity index (χ0v) is 11.3. The van der Waals surface area contributed by atoms with Gasteiger partial charge in [0, 0.05) is 20.1 Å². The number of rotatable bonds is 4. The lowest BCUT2D eigenvalue weighted by Crippen LogP contribution is -2.42.